The van der Waals surface area contributed by atoms with Crippen LogP contribution in [0.15, 0.2) is 66.4 Å². The van der Waals surface area contributed by atoms with E-state index in [0.717, 1.165) is 5.57 Å². The van der Waals surface area contributed by atoms with Gasteiger partial charge in [0.15, 0.2) is 0 Å². The van der Waals surface area contributed by atoms with E-state index >= 15 is 0 Å². The number of rotatable bonds is 2. The molecule has 1 nitrogen and oxygen atoms in total. The van der Waals surface area contributed by atoms with E-state index in [1.807, 2.05) is 13.0 Å². The van der Waals surface area contributed by atoms with Crippen molar-refractivity contribution in [1.29, 1.82) is 0 Å². The van der Waals surface area contributed by atoms with E-state index in [1.165, 1.54) is 16.9 Å². The summed E-state index contributed by atoms with van der Waals surface area (Å²) in [5, 5.41) is 0. The minimum atomic E-state index is 1.14. The maximum atomic E-state index is 3.89. The number of likely N-dealkylation sites (N-methyl/N-ethyl adjacent to an activating group) is 1. The van der Waals surface area contributed by atoms with Gasteiger partial charge in [-0.1, -0.05) is 49.1 Å². The first-order valence-electron chi connectivity index (χ1n) is 5.78. The maximum absolute atomic E-state index is 3.89. The molecular weight excluding hydrogens is 206 g/mol. The molecular formula is C16H17N. The average Bonchev–Trinajstić information content (AvgIpc) is 2.49. The van der Waals surface area contributed by atoms with Gasteiger partial charge in [-0.25, -0.2) is 0 Å². The lowest BCUT2D eigenvalue weighted by molar-refractivity contribution is 1.12. The lowest BCUT2D eigenvalue weighted by Gasteiger charge is -2.22. The molecule has 1 aromatic rings. The normalized spacial score (nSPS) is 15.1. The van der Waals surface area contributed by atoms with E-state index < -0.39 is 0 Å². The third-order valence-corrected chi connectivity index (χ3v) is 2.94. The predicted octanol–water partition coefficient (Wildman–Crippen LogP) is 4.17. The summed E-state index contributed by atoms with van der Waals surface area (Å²) in [5.41, 5.74) is 4.76. The maximum Gasteiger partial charge on any atom is 0.0481 e. The van der Waals surface area contributed by atoms with Gasteiger partial charge in [0, 0.05) is 18.4 Å². The Labute approximate surface area is 103 Å². The Balaban J connectivity index is 2.62. The first-order chi connectivity index (χ1) is 8.27. The number of anilines is 1. The SMILES string of the molecule is C=CC1=C(/C=C\C)N(C)c2ccccc2C=C1. The van der Waals surface area contributed by atoms with Crippen LogP contribution in [0.25, 0.3) is 6.08 Å². The Bertz CT molecular complexity index is 518. The smallest absolute Gasteiger partial charge is 0.0481 e. The van der Waals surface area contributed by atoms with Crippen molar-refractivity contribution in [3.8, 4) is 0 Å². The van der Waals surface area contributed by atoms with Crippen LogP contribution in [-0.4, -0.2) is 7.05 Å². The van der Waals surface area contributed by atoms with Crippen LogP contribution in [0.3, 0.4) is 0 Å². The Kier molecular flexibility index (Phi) is 3.29. The molecule has 1 aromatic carbocycles. The van der Waals surface area contributed by atoms with Crippen molar-refractivity contribution in [2.45, 2.75) is 6.92 Å². The number of nitrogens with zero attached hydrogens (tertiary/aromatic N) is 1. The van der Waals surface area contributed by atoms with Crippen LogP contribution in [0.2, 0.25) is 0 Å². The number of allylic oxidation sites excluding steroid dienone is 5. The molecule has 0 saturated heterocycles. The molecule has 0 aliphatic carbocycles. The largest absolute Gasteiger partial charge is 0.344 e. The molecule has 86 valence electrons. The molecule has 0 fully saturated rings. The lowest BCUT2D eigenvalue weighted by Crippen LogP contribution is -2.16. The Morgan fingerprint density at radius 2 is 1.94 bits per heavy atom. The molecule has 1 aliphatic rings. The standard InChI is InChI=1S/C16H17N/c1-4-8-15-13(5-2)11-12-14-9-6-7-10-16(14)17(15)3/h4-12H,2H2,1,3H3/b8-4-. The van der Waals surface area contributed by atoms with Crippen molar-refractivity contribution in [1.82, 2.24) is 0 Å². The van der Waals surface area contributed by atoms with Crippen LogP contribution in [0, 0.1) is 0 Å². The minimum absolute atomic E-state index is 1.14. The Morgan fingerprint density at radius 3 is 2.65 bits per heavy atom. The molecule has 1 heteroatoms. The fraction of sp³-hybridized carbons (Fsp3) is 0.125. The average molecular weight is 223 g/mol. The van der Waals surface area contributed by atoms with Gasteiger partial charge in [-0.15, -0.1) is 0 Å². The van der Waals surface area contributed by atoms with Crippen molar-refractivity contribution < 1.29 is 0 Å². The van der Waals surface area contributed by atoms with Crippen molar-refractivity contribution in [3.63, 3.8) is 0 Å². The van der Waals surface area contributed by atoms with Crippen LogP contribution in [-0.2, 0) is 0 Å². The molecule has 0 radical (unpaired) electrons. The Morgan fingerprint density at radius 1 is 1.18 bits per heavy atom. The number of hydrogen-bond donors (Lipinski definition) is 0. The van der Waals surface area contributed by atoms with Gasteiger partial charge in [0.05, 0.1) is 0 Å². The Hall–Kier alpha value is -2.02. The molecule has 0 amide bonds. The van der Waals surface area contributed by atoms with Crippen molar-refractivity contribution >= 4 is 11.8 Å². The van der Waals surface area contributed by atoms with Crippen LogP contribution < -0.4 is 4.90 Å². The zero-order valence-electron chi connectivity index (χ0n) is 10.4. The van der Waals surface area contributed by atoms with Crippen LogP contribution >= 0.6 is 0 Å². The monoisotopic (exact) mass is 223 g/mol. The topological polar surface area (TPSA) is 3.24 Å². The summed E-state index contributed by atoms with van der Waals surface area (Å²) < 4.78 is 0. The second kappa shape index (κ2) is 4.88. The highest BCUT2D eigenvalue weighted by molar-refractivity contribution is 5.75. The summed E-state index contributed by atoms with van der Waals surface area (Å²) in [5.74, 6) is 0. The van der Waals surface area contributed by atoms with E-state index in [1.54, 1.807) is 0 Å². The summed E-state index contributed by atoms with van der Waals surface area (Å²) in [4.78, 5) is 2.20. The fourth-order valence-electron chi connectivity index (χ4n) is 2.06. The highest BCUT2D eigenvalue weighted by Gasteiger charge is 2.13. The van der Waals surface area contributed by atoms with Gasteiger partial charge in [0.2, 0.25) is 0 Å². The van der Waals surface area contributed by atoms with Gasteiger partial charge in [-0.05, 0) is 30.2 Å². The predicted molar refractivity (Wildman–Crippen MR) is 75.9 cm³/mol. The molecule has 0 saturated carbocycles. The third kappa shape index (κ3) is 2.09. The summed E-state index contributed by atoms with van der Waals surface area (Å²) in [6.45, 7) is 5.92. The first-order valence-corrected chi connectivity index (χ1v) is 5.78. The van der Waals surface area contributed by atoms with Crippen LogP contribution in [0.1, 0.15) is 12.5 Å². The molecule has 0 bridgehead atoms. The zero-order chi connectivity index (χ0) is 12.3. The van der Waals surface area contributed by atoms with Gasteiger partial charge in [0.1, 0.15) is 0 Å². The number of hydrogen-bond acceptors (Lipinski definition) is 1. The van der Waals surface area contributed by atoms with Crippen LogP contribution in [0.4, 0.5) is 5.69 Å². The van der Waals surface area contributed by atoms with E-state index in [4.69, 9.17) is 0 Å². The third-order valence-electron chi connectivity index (χ3n) is 2.94. The van der Waals surface area contributed by atoms with E-state index in [0.29, 0.717) is 0 Å². The van der Waals surface area contributed by atoms with Crippen molar-refractivity contribution in [2.75, 3.05) is 11.9 Å². The summed E-state index contributed by atoms with van der Waals surface area (Å²) in [7, 11) is 2.09. The van der Waals surface area contributed by atoms with Crippen molar-refractivity contribution in [3.05, 3.63) is 72.0 Å². The molecule has 17 heavy (non-hydrogen) atoms. The first kappa shape index (κ1) is 11.5. The second-order valence-electron chi connectivity index (χ2n) is 4.00. The molecule has 0 atom stereocenters. The van der Waals surface area contributed by atoms with E-state index in [2.05, 4.69) is 67.1 Å². The fourth-order valence-corrected chi connectivity index (χ4v) is 2.06. The van der Waals surface area contributed by atoms with E-state index in [-0.39, 0.29) is 0 Å². The van der Waals surface area contributed by atoms with Gasteiger partial charge in [-0.2, -0.15) is 0 Å². The van der Waals surface area contributed by atoms with E-state index in [9.17, 15) is 0 Å². The zero-order valence-corrected chi connectivity index (χ0v) is 10.4. The van der Waals surface area contributed by atoms with Gasteiger partial charge < -0.3 is 4.90 Å². The molecule has 2 rings (SSSR count). The number of fused-ring (bicyclic) bond motifs is 1. The second-order valence-corrected chi connectivity index (χ2v) is 4.00. The van der Waals surface area contributed by atoms with Gasteiger partial charge in [0.25, 0.3) is 0 Å². The molecule has 0 aromatic heterocycles. The highest BCUT2D eigenvalue weighted by atomic mass is 15.1. The molecule has 0 spiro atoms. The van der Waals surface area contributed by atoms with Crippen LogP contribution in [0.5, 0.6) is 0 Å². The molecule has 1 aliphatic heterocycles. The van der Waals surface area contributed by atoms with Gasteiger partial charge >= 0.3 is 0 Å². The summed E-state index contributed by atoms with van der Waals surface area (Å²) in [6.07, 6.45) is 10.3. The molecule has 0 N–H and O–H groups in total. The summed E-state index contributed by atoms with van der Waals surface area (Å²) >= 11 is 0. The highest BCUT2D eigenvalue weighted by Crippen LogP contribution is 2.29. The number of benzene rings is 1. The summed E-state index contributed by atoms with van der Waals surface area (Å²) in [6, 6.07) is 8.39. The minimum Gasteiger partial charge on any atom is -0.344 e. The van der Waals surface area contributed by atoms with Gasteiger partial charge in [-0.3, -0.25) is 0 Å². The van der Waals surface area contributed by atoms with Crippen molar-refractivity contribution in [2.24, 2.45) is 0 Å². The molecule has 0 unspecified atom stereocenters. The lowest BCUT2D eigenvalue weighted by atomic mass is 10.1. The molecule has 1 heterocycles. The quantitative estimate of drug-likeness (QED) is 0.727. The number of para-hydroxylation sites is 1.